The number of thiophene rings is 12. The van der Waals surface area contributed by atoms with Gasteiger partial charge in [-0.2, -0.15) is 0 Å². The molecule has 0 amide bonds. The van der Waals surface area contributed by atoms with Gasteiger partial charge < -0.3 is 4.90 Å². The third-order valence-corrected chi connectivity index (χ3v) is 34.2. The van der Waals surface area contributed by atoms with Crippen molar-refractivity contribution in [3.05, 3.63) is 197 Å². The number of aryl methyl sites for hydroxylation is 3. The molecule has 0 aliphatic heterocycles. The van der Waals surface area contributed by atoms with E-state index in [1.807, 2.05) is 136 Å². The average Bonchev–Trinajstić information content (AvgIpc) is 1.54. The lowest BCUT2D eigenvalue weighted by atomic mass is 10.1. The van der Waals surface area contributed by atoms with Gasteiger partial charge in [-0.05, 0) is 215 Å². The molecule has 13 heteroatoms. The number of fused-ring (bicyclic) bond motifs is 3. The summed E-state index contributed by atoms with van der Waals surface area (Å²) in [6, 6.07) is 63.2. The zero-order valence-corrected chi connectivity index (χ0v) is 67.4. The molecule has 100 heavy (non-hydrogen) atoms. The third kappa shape index (κ3) is 16.6. The van der Waals surface area contributed by atoms with Crippen molar-refractivity contribution >= 4 is 181 Å². The fourth-order valence-electron chi connectivity index (χ4n) is 13.8. The van der Waals surface area contributed by atoms with E-state index in [0.717, 1.165) is 17.1 Å². The van der Waals surface area contributed by atoms with Crippen molar-refractivity contribution in [1.82, 2.24) is 0 Å². The SMILES string of the molecule is CCCCCCCCCc1csc2cc(-c3ccc(-c4ccc(-c5ccc(N(c6ccc(-c7ccc(-c8ccc(-c9cc%10scc(CCCCCCCCC)c%10s9)s8)s7)cc6)c6ccc(-c7ccc(-c8ccc(-c9cc%10scc(CCCCCCCCC)c%10s9)s8)s7)cc6)cc5)s4)s3)sc12. The Morgan fingerprint density at radius 3 is 0.700 bits per heavy atom. The predicted molar refractivity (Wildman–Crippen MR) is 462 cm³/mol. The van der Waals surface area contributed by atoms with Gasteiger partial charge in [-0.25, -0.2) is 0 Å². The predicted octanol–water partition coefficient (Wildman–Crippen LogP) is 34.2. The van der Waals surface area contributed by atoms with E-state index in [2.05, 4.69) is 206 Å². The second-order valence-corrected chi connectivity index (χ2v) is 39.2. The summed E-state index contributed by atoms with van der Waals surface area (Å²) in [5, 5.41) is 7.27. The Kier molecular flexibility index (Phi) is 23.9. The van der Waals surface area contributed by atoms with Crippen LogP contribution in [0.15, 0.2) is 180 Å². The second-order valence-electron chi connectivity index (χ2n) is 26.8. The molecule has 0 spiro atoms. The molecule has 512 valence electrons. The van der Waals surface area contributed by atoms with Crippen molar-refractivity contribution in [2.24, 2.45) is 0 Å². The number of nitrogens with zero attached hydrogens (tertiary/aromatic N) is 1. The topological polar surface area (TPSA) is 3.24 Å². The highest BCUT2D eigenvalue weighted by atomic mass is 32.1. The Labute approximate surface area is 640 Å². The average molecular weight is 1530 g/mol. The first-order valence-electron chi connectivity index (χ1n) is 36.6. The molecule has 12 heterocycles. The normalized spacial score (nSPS) is 11.9. The first kappa shape index (κ1) is 70.3. The van der Waals surface area contributed by atoms with Crippen LogP contribution in [0.1, 0.15) is 172 Å². The Morgan fingerprint density at radius 2 is 0.440 bits per heavy atom. The highest BCUT2D eigenvalue weighted by molar-refractivity contribution is 7.34. The summed E-state index contributed by atoms with van der Waals surface area (Å²) in [6.45, 7) is 6.91. The standard InChI is InChI=1S/C87H87NS12/c1-4-7-10-13-16-19-22-25-61-55-89-82-52-79(98-85(61)82)76-49-46-73(95-76)70-43-40-67(92-70)58-28-34-64(35-29-58)88(65-36-30-59(31-37-65)68-41-44-71(93-68)74-47-50-77(96-74)80-53-83-86(99-80)62(56-90-83)26-23-20-17-14-11-8-5-2)66-38-32-60(33-39-66)69-42-45-72(94-69)75-48-51-78(97-75)81-54-84-87(100-81)63(57-91-84)27-24-21-18-15-12-9-6-3/h28-57H,4-27H2,1-3H3. The highest BCUT2D eigenvalue weighted by Gasteiger charge is 2.21. The summed E-state index contributed by atoms with van der Waals surface area (Å²) in [5.74, 6) is 0. The Bertz CT molecular complexity index is 4540. The quantitative estimate of drug-likeness (QED) is 0.0354. The lowest BCUT2D eigenvalue weighted by molar-refractivity contribution is 0.590. The summed E-state index contributed by atoms with van der Waals surface area (Å²) in [6.07, 6.45) is 32.1. The van der Waals surface area contributed by atoms with E-state index in [0.29, 0.717) is 0 Å². The number of hydrogen-bond donors (Lipinski definition) is 0. The molecule has 0 aliphatic carbocycles. The lowest BCUT2D eigenvalue weighted by Crippen LogP contribution is -2.09. The zero-order valence-electron chi connectivity index (χ0n) is 57.6. The maximum atomic E-state index is 2.44. The third-order valence-electron chi connectivity index (χ3n) is 19.4. The molecule has 0 N–H and O–H groups in total. The van der Waals surface area contributed by atoms with Gasteiger partial charge in [0.25, 0.3) is 0 Å². The Hall–Kier alpha value is -5.36. The maximum absolute atomic E-state index is 2.44. The molecular weight excluding hydrogens is 1440 g/mol. The second kappa shape index (κ2) is 34.0. The molecule has 12 aromatic heterocycles. The van der Waals surface area contributed by atoms with Crippen molar-refractivity contribution in [2.75, 3.05) is 4.90 Å². The summed E-state index contributed by atoms with van der Waals surface area (Å²) in [7, 11) is 0. The molecule has 15 aromatic rings. The van der Waals surface area contributed by atoms with Gasteiger partial charge in [0.05, 0.1) is 0 Å². The van der Waals surface area contributed by atoms with Gasteiger partial charge in [0, 0.05) is 118 Å². The molecule has 0 unspecified atom stereocenters. The van der Waals surface area contributed by atoms with Crippen LogP contribution in [0, 0.1) is 0 Å². The molecule has 0 bridgehead atoms. The van der Waals surface area contributed by atoms with E-state index in [-0.39, 0.29) is 0 Å². The number of anilines is 3. The van der Waals surface area contributed by atoms with E-state index in [1.54, 1.807) is 16.7 Å². The van der Waals surface area contributed by atoms with E-state index in [9.17, 15) is 0 Å². The zero-order chi connectivity index (χ0) is 67.6. The molecule has 1 nitrogen and oxygen atoms in total. The highest BCUT2D eigenvalue weighted by Crippen LogP contribution is 2.50. The molecule has 3 aromatic carbocycles. The number of unbranched alkanes of at least 4 members (excludes halogenated alkanes) is 18. The van der Waals surface area contributed by atoms with Crippen molar-refractivity contribution in [1.29, 1.82) is 0 Å². The monoisotopic (exact) mass is 1530 g/mol. The Balaban J connectivity index is 0.644. The lowest BCUT2D eigenvalue weighted by Gasteiger charge is -2.26. The van der Waals surface area contributed by atoms with E-state index >= 15 is 0 Å². The van der Waals surface area contributed by atoms with Crippen LogP contribution in [0.4, 0.5) is 17.1 Å². The minimum absolute atomic E-state index is 1.13. The van der Waals surface area contributed by atoms with Crippen LogP contribution in [-0.4, -0.2) is 0 Å². The van der Waals surface area contributed by atoms with Crippen LogP contribution >= 0.6 is 136 Å². The van der Waals surface area contributed by atoms with Crippen LogP contribution in [0.2, 0.25) is 0 Å². The Morgan fingerprint density at radius 1 is 0.220 bits per heavy atom. The van der Waals surface area contributed by atoms with Crippen LogP contribution in [0.25, 0.3) is 118 Å². The fourth-order valence-corrected chi connectivity index (χ4v) is 27.7. The first-order valence-corrected chi connectivity index (χ1v) is 46.6. The molecular formula is C87H87NS12. The smallest absolute Gasteiger partial charge is 0.0489 e. The molecule has 0 radical (unpaired) electrons. The van der Waals surface area contributed by atoms with Crippen LogP contribution in [-0.2, 0) is 19.3 Å². The number of hydrogen-bond acceptors (Lipinski definition) is 13. The van der Waals surface area contributed by atoms with Gasteiger partial charge in [0.15, 0.2) is 0 Å². The van der Waals surface area contributed by atoms with Crippen molar-refractivity contribution in [3.8, 4) is 89.8 Å². The first-order chi connectivity index (χ1) is 49.4. The fraction of sp³-hybridized carbons (Fsp3) is 0.310. The minimum atomic E-state index is 1.13. The largest absolute Gasteiger partial charge is 0.311 e. The van der Waals surface area contributed by atoms with E-state index in [4.69, 9.17) is 0 Å². The molecule has 0 saturated heterocycles. The number of rotatable bonds is 36. The minimum Gasteiger partial charge on any atom is -0.311 e. The summed E-state index contributed by atoms with van der Waals surface area (Å²) in [5.41, 5.74) is 11.8. The molecule has 0 saturated carbocycles. The summed E-state index contributed by atoms with van der Waals surface area (Å²) < 4.78 is 8.87. The summed E-state index contributed by atoms with van der Waals surface area (Å²) in [4.78, 5) is 22.6. The van der Waals surface area contributed by atoms with Crippen molar-refractivity contribution in [2.45, 2.75) is 175 Å². The molecule has 0 aliphatic rings. The van der Waals surface area contributed by atoms with Gasteiger partial charge >= 0.3 is 0 Å². The van der Waals surface area contributed by atoms with Gasteiger partial charge in [0.2, 0.25) is 0 Å². The van der Waals surface area contributed by atoms with E-state index in [1.165, 1.54) is 272 Å². The van der Waals surface area contributed by atoms with Gasteiger partial charge in [-0.1, -0.05) is 173 Å². The molecule has 0 fully saturated rings. The molecule has 0 atom stereocenters. The van der Waals surface area contributed by atoms with Gasteiger partial charge in [-0.15, -0.1) is 136 Å². The summed E-state index contributed by atoms with van der Waals surface area (Å²) >= 11 is 23.3. The van der Waals surface area contributed by atoms with Crippen molar-refractivity contribution in [3.63, 3.8) is 0 Å². The molecule has 15 rings (SSSR count). The van der Waals surface area contributed by atoms with Crippen LogP contribution < -0.4 is 4.90 Å². The van der Waals surface area contributed by atoms with Crippen LogP contribution in [0.3, 0.4) is 0 Å². The van der Waals surface area contributed by atoms with Crippen LogP contribution in [0.5, 0.6) is 0 Å². The maximum Gasteiger partial charge on any atom is 0.0489 e. The van der Waals surface area contributed by atoms with Gasteiger partial charge in [-0.3, -0.25) is 0 Å². The van der Waals surface area contributed by atoms with Crippen molar-refractivity contribution < 1.29 is 0 Å². The van der Waals surface area contributed by atoms with E-state index < -0.39 is 0 Å². The van der Waals surface area contributed by atoms with Gasteiger partial charge in [0.1, 0.15) is 0 Å². The number of benzene rings is 3.